The van der Waals surface area contributed by atoms with Crippen molar-refractivity contribution in [3.8, 4) is 0 Å². The molecule has 0 radical (unpaired) electrons. The number of hydrogen-bond donors (Lipinski definition) is 1. The maximum absolute atomic E-state index is 11.9. The topological polar surface area (TPSA) is 57.6 Å². The van der Waals surface area contributed by atoms with Crippen LogP contribution in [-0.2, 0) is 9.59 Å². The number of carbonyl (C=O) groups is 2. The van der Waals surface area contributed by atoms with Gasteiger partial charge in [0.25, 0.3) is 0 Å². The SMILES string of the molecule is CCC(C)CC(CC)(C(=O)O)N(C(C)=O)C1CC1. The Bertz CT molecular complexity index is 325. The Morgan fingerprint density at radius 3 is 2.22 bits per heavy atom. The molecule has 0 heterocycles. The number of hydrogen-bond acceptors (Lipinski definition) is 2. The molecule has 0 spiro atoms. The number of amides is 1. The Hall–Kier alpha value is -1.06. The van der Waals surface area contributed by atoms with Crippen molar-refractivity contribution < 1.29 is 14.7 Å². The lowest BCUT2D eigenvalue weighted by Crippen LogP contribution is -2.58. The van der Waals surface area contributed by atoms with E-state index in [1.165, 1.54) is 6.92 Å². The first-order valence-electron chi connectivity index (χ1n) is 6.92. The zero-order chi connectivity index (χ0) is 13.9. The van der Waals surface area contributed by atoms with E-state index in [1.807, 2.05) is 6.92 Å². The number of rotatable bonds is 7. The molecule has 104 valence electrons. The summed E-state index contributed by atoms with van der Waals surface area (Å²) in [4.78, 5) is 25.3. The second-order valence-electron chi connectivity index (χ2n) is 5.53. The third-order valence-electron chi connectivity index (χ3n) is 4.08. The molecule has 2 unspecified atom stereocenters. The fourth-order valence-electron chi connectivity index (χ4n) is 2.72. The van der Waals surface area contributed by atoms with Crippen LogP contribution in [0.2, 0.25) is 0 Å². The summed E-state index contributed by atoms with van der Waals surface area (Å²) in [7, 11) is 0. The Morgan fingerprint density at radius 1 is 1.39 bits per heavy atom. The van der Waals surface area contributed by atoms with Gasteiger partial charge in [0.05, 0.1) is 0 Å². The molecule has 1 amide bonds. The lowest BCUT2D eigenvalue weighted by atomic mass is 9.82. The minimum absolute atomic E-state index is 0.106. The van der Waals surface area contributed by atoms with Gasteiger partial charge in [0.2, 0.25) is 5.91 Å². The molecule has 4 nitrogen and oxygen atoms in total. The molecule has 1 N–H and O–H groups in total. The lowest BCUT2D eigenvalue weighted by molar-refractivity contribution is -0.161. The first-order chi connectivity index (χ1) is 8.39. The summed E-state index contributed by atoms with van der Waals surface area (Å²) in [5, 5.41) is 9.67. The molecule has 1 fully saturated rings. The molecule has 0 saturated heterocycles. The molecule has 4 heteroatoms. The summed E-state index contributed by atoms with van der Waals surface area (Å²) in [6.45, 7) is 7.47. The average Bonchev–Trinajstić information content (AvgIpc) is 3.11. The average molecular weight is 255 g/mol. The second kappa shape index (κ2) is 5.72. The van der Waals surface area contributed by atoms with Crippen molar-refractivity contribution in [3.05, 3.63) is 0 Å². The first kappa shape index (κ1) is 15.0. The van der Waals surface area contributed by atoms with Crippen LogP contribution in [0.4, 0.5) is 0 Å². The quantitative estimate of drug-likeness (QED) is 0.761. The van der Waals surface area contributed by atoms with E-state index in [1.54, 1.807) is 4.90 Å². The van der Waals surface area contributed by atoms with Gasteiger partial charge in [-0.1, -0.05) is 27.2 Å². The van der Waals surface area contributed by atoms with Gasteiger partial charge in [0, 0.05) is 13.0 Å². The molecule has 0 bridgehead atoms. The van der Waals surface area contributed by atoms with Crippen LogP contribution in [0.1, 0.15) is 59.8 Å². The number of carboxylic acids is 1. The van der Waals surface area contributed by atoms with Crippen molar-refractivity contribution in [1.82, 2.24) is 4.90 Å². The minimum Gasteiger partial charge on any atom is -0.479 e. The van der Waals surface area contributed by atoms with Gasteiger partial charge in [0.1, 0.15) is 5.54 Å². The van der Waals surface area contributed by atoms with Gasteiger partial charge < -0.3 is 10.0 Å². The van der Waals surface area contributed by atoms with Crippen molar-refractivity contribution in [2.45, 2.75) is 71.4 Å². The normalized spacial score (nSPS) is 20.0. The molecular weight excluding hydrogens is 230 g/mol. The summed E-state index contributed by atoms with van der Waals surface area (Å²) in [5.74, 6) is -0.654. The van der Waals surface area contributed by atoms with Crippen molar-refractivity contribution in [1.29, 1.82) is 0 Å². The molecule has 0 aromatic rings. The molecule has 1 rings (SSSR count). The highest BCUT2D eigenvalue weighted by molar-refractivity contribution is 5.86. The van der Waals surface area contributed by atoms with Crippen LogP contribution in [0.3, 0.4) is 0 Å². The lowest BCUT2D eigenvalue weighted by Gasteiger charge is -2.41. The van der Waals surface area contributed by atoms with E-state index in [4.69, 9.17) is 0 Å². The summed E-state index contributed by atoms with van der Waals surface area (Å²) in [6, 6.07) is 0.141. The van der Waals surface area contributed by atoms with E-state index in [-0.39, 0.29) is 11.9 Å². The minimum atomic E-state index is -1.01. The van der Waals surface area contributed by atoms with E-state index in [9.17, 15) is 14.7 Å². The monoisotopic (exact) mass is 255 g/mol. The Labute approximate surface area is 109 Å². The number of nitrogens with zero attached hydrogens (tertiary/aromatic N) is 1. The zero-order valence-corrected chi connectivity index (χ0v) is 11.9. The smallest absolute Gasteiger partial charge is 0.329 e. The van der Waals surface area contributed by atoms with Crippen LogP contribution < -0.4 is 0 Å². The largest absolute Gasteiger partial charge is 0.479 e. The predicted molar refractivity (Wildman–Crippen MR) is 70.3 cm³/mol. The number of aliphatic carboxylic acids is 1. The van der Waals surface area contributed by atoms with E-state index in [0.29, 0.717) is 18.8 Å². The van der Waals surface area contributed by atoms with E-state index < -0.39 is 11.5 Å². The molecule has 0 aromatic heterocycles. The maximum atomic E-state index is 11.9. The maximum Gasteiger partial charge on any atom is 0.329 e. The molecule has 18 heavy (non-hydrogen) atoms. The second-order valence-corrected chi connectivity index (χ2v) is 5.53. The van der Waals surface area contributed by atoms with Crippen LogP contribution in [0.15, 0.2) is 0 Å². The third-order valence-corrected chi connectivity index (χ3v) is 4.08. The number of carbonyl (C=O) groups excluding carboxylic acids is 1. The van der Waals surface area contributed by atoms with Gasteiger partial charge in [-0.05, 0) is 31.6 Å². The summed E-state index contributed by atoms with van der Waals surface area (Å²) < 4.78 is 0. The number of carboxylic acid groups (broad SMARTS) is 1. The van der Waals surface area contributed by atoms with Crippen LogP contribution in [-0.4, -0.2) is 33.5 Å². The zero-order valence-electron chi connectivity index (χ0n) is 11.9. The van der Waals surface area contributed by atoms with Crippen molar-refractivity contribution in [2.75, 3.05) is 0 Å². The Balaban J connectivity index is 3.07. The van der Waals surface area contributed by atoms with Gasteiger partial charge in [-0.25, -0.2) is 4.79 Å². The summed E-state index contributed by atoms with van der Waals surface area (Å²) in [6.07, 6.45) is 3.84. The molecule has 1 aliphatic carbocycles. The first-order valence-corrected chi connectivity index (χ1v) is 6.92. The standard InChI is InChI=1S/C14H25NO3/c1-5-10(3)9-14(6-2,13(17)18)15(11(4)16)12-7-8-12/h10,12H,5-9H2,1-4H3,(H,17,18). The van der Waals surface area contributed by atoms with Gasteiger partial charge in [0.15, 0.2) is 0 Å². The highest BCUT2D eigenvalue weighted by Crippen LogP contribution is 2.38. The highest BCUT2D eigenvalue weighted by Gasteiger charge is 2.50. The van der Waals surface area contributed by atoms with Crippen molar-refractivity contribution in [2.24, 2.45) is 5.92 Å². The highest BCUT2D eigenvalue weighted by atomic mass is 16.4. The Morgan fingerprint density at radius 2 is 1.94 bits per heavy atom. The molecule has 1 aliphatic rings. The van der Waals surface area contributed by atoms with E-state index >= 15 is 0 Å². The molecule has 2 atom stereocenters. The van der Waals surface area contributed by atoms with E-state index in [2.05, 4.69) is 13.8 Å². The van der Waals surface area contributed by atoms with E-state index in [0.717, 1.165) is 19.3 Å². The Kier molecular flexibility index (Phi) is 4.77. The molecule has 0 aliphatic heterocycles. The molecule has 0 aromatic carbocycles. The molecule has 1 saturated carbocycles. The van der Waals surface area contributed by atoms with Gasteiger partial charge >= 0.3 is 5.97 Å². The summed E-state index contributed by atoms with van der Waals surface area (Å²) >= 11 is 0. The van der Waals surface area contributed by atoms with Gasteiger partial charge in [-0.2, -0.15) is 0 Å². The van der Waals surface area contributed by atoms with Crippen LogP contribution in [0.25, 0.3) is 0 Å². The van der Waals surface area contributed by atoms with Crippen LogP contribution in [0, 0.1) is 5.92 Å². The van der Waals surface area contributed by atoms with Gasteiger partial charge in [-0.3, -0.25) is 4.79 Å². The van der Waals surface area contributed by atoms with Crippen molar-refractivity contribution >= 4 is 11.9 Å². The van der Waals surface area contributed by atoms with Gasteiger partial charge in [-0.15, -0.1) is 0 Å². The molecular formula is C14H25NO3. The van der Waals surface area contributed by atoms with Crippen LogP contribution in [0.5, 0.6) is 0 Å². The predicted octanol–water partition coefficient (Wildman–Crippen LogP) is 2.67. The van der Waals surface area contributed by atoms with Crippen molar-refractivity contribution in [3.63, 3.8) is 0 Å². The summed E-state index contributed by atoms with van der Waals surface area (Å²) in [5.41, 5.74) is -1.01. The fourth-order valence-corrected chi connectivity index (χ4v) is 2.72. The fraction of sp³-hybridized carbons (Fsp3) is 0.857. The van der Waals surface area contributed by atoms with Crippen LogP contribution >= 0.6 is 0 Å². The third kappa shape index (κ3) is 2.85.